The summed E-state index contributed by atoms with van der Waals surface area (Å²) in [6, 6.07) is 0. The van der Waals surface area contributed by atoms with Gasteiger partial charge in [-0.1, -0.05) is 26.2 Å². The van der Waals surface area contributed by atoms with Crippen LogP contribution in [0.15, 0.2) is 5.34 Å². The van der Waals surface area contributed by atoms with Gasteiger partial charge in [-0.3, -0.25) is 0 Å². The maximum Gasteiger partial charge on any atom is 0.155 e. The molecule has 2 unspecified atom stereocenters. The van der Waals surface area contributed by atoms with E-state index in [4.69, 9.17) is 0 Å². The lowest BCUT2D eigenvalue weighted by Gasteiger charge is -2.13. The van der Waals surface area contributed by atoms with Gasteiger partial charge >= 0.3 is 0 Å². The summed E-state index contributed by atoms with van der Waals surface area (Å²) < 4.78 is 0. The quantitative estimate of drug-likeness (QED) is 0.338. The predicted molar refractivity (Wildman–Crippen MR) is 52.5 cm³/mol. The van der Waals surface area contributed by atoms with Crippen molar-refractivity contribution >= 4 is 0 Å². The first-order valence-corrected chi connectivity index (χ1v) is 5.01. The molecular weight excluding hydrogens is 186 g/mol. The number of aliphatic hydroxyl groups excluding tert-OH is 2. The molecule has 0 aliphatic carbocycles. The van der Waals surface area contributed by atoms with Crippen LogP contribution in [-0.4, -0.2) is 29.0 Å². The zero-order valence-corrected chi connectivity index (χ0v) is 8.56. The minimum atomic E-state index is -0.815. The average Bonchev–Trinajstić information content (AvgIpc) is 2.15. The molecule has 0 aliphatic rings. The van der Waals surface area contributed by atoms with Crippen LogP contribution in [-0.2, 0) is 4.84 Å². The molecule has 0 heterocycles. The van der Waals surface area contributed by atoms with E-state index in [0.29, 0.717) is 6.42 Å². The second-order valence-corrected chi connectivity index (χ2v) is 3.41. The van der Waals surface area contributed by atoms with Crippen LogP contribution in [0.5, 0.6) is 0 Å². The molecule has 0 aromatic heterocycles. The van der Waals surface area contributed by atoms with Gasteiger partial charge in [-0.05, 0) is 6.42 Å². The maximum atomic E-state index is 9.56. The van der Waals surface area contributed by atoms with Crippen LogP contribution in [0.4, 0.5) is 0 Å². The molecular formula is C9H19NO4. The smallest absolute Gasteiger partial charge is 0.155 e. The fourth-order valence-electron chi connectivity index (χ4n) is 1.25. The molecule has 0 aromatic carbocycles. The second-order valence-electron chi connectivity index (χ2n) is 3.41. The van der Waals surface area contributed by atoms with E-state index in [1.165, 1.54) is 0 Å². The standard InChI is InChI=1S/C9H19NO4/c1-2-3-4-5-8(11)6-9(12)7-14-10-13/h8-9,11-12H,2-7H2,1H3. The Hall–Kier alpha value is -0.680. The first kappa shape index (κ1) is 13.3. The molecule has 0 aliphatic heterocycles. The monoisotopic (exact) mass is 205 g/mol. The van der Waals surface area contributed by atoms with E-state index in [1.54, 1.807) is 0 Å². The molecule has 2 atom stereocenters. The average molecular weight is 205 g/mol. The van der Waals surface area contributed by atoms with Crippen molar-refractivity contribution in [2.75, 3.05) is 6.61 Å². The molecule has 84 valence electrons. The summed E-state index contributed by atoms with van der Waals surface area (Å²) in [7, 11) is 0. The third-order valence-electron chi connectivity index (χ3n) is 2.00. The van der Waals surface area contributed by atoms with E-state index in [-0.39, 0.29) is 13.0 Å². The van der Waals surface area contributed by atoms with Gasteiger partial charge < -0.3 is 15.1 Å². The van der Waals surface area contributed by atoms with Crippen LogP contribution in [0.1, 0.15) is 39.0 Å². The van der Waals surface area contributed by atoms with Gasteiger partial charge in [-0.15, -0.1) is 4.91 Å². The molecule has 2 N–H and O–H groups in total. The third-order valence-corrected chi connectivity index (χ3v) is 2.00. The Morgan fingerprint density at radius 3 is 2.57 bits per heavy atom. The van der Waals surface area contributed by atoms with Gasteiger partial charge in [0.2, 0.25) is 0 Å². The summed E-state index contributed by atoms with van der Waals surface area (Å²) in [5.74, 6) is 0. The first-order chi connectivity index (χ1) is 6.70. The summed E-state index contributed by atoms with van der Waals surface area (Å²) in [5.41, 5.74) is 0. The highest BCUT2D eigenvalue weighted by molar-refractivity contribution is 4.62. The Bertz CT molecular complexity index is 143. The van der Waals surface area contributed by atoms with Crippen molar-refractivity contribution in [3.63, 3.8) is 0 Å². The zero-order valence-electron chi connectivity index (χ0n) is 8.56. The van der Waals surface area contributed by atoms with Crippen LogP contribution < -0.4 is 0 Å². The molecule has 5 nitrogen and oxygen atoms in total. The topological polar surface area (TPSA) is 79.1 Å². The van der Waals surface area contributed by atoms with Gasteiger partial charge in [0.15, 0.2) is 5.34 Å². The van der Waals surface area contributed by atoms with Gasteiger partial charge in [-0.2, -0.15) is 0 Å². The highest BCUT2D eigenvalue weighted by atomic mass is 16.7. The number of rotatable bonds is 9. The molecule has 0 amide bonds. The Morgan fingerprint density at radius 1 is 1.29 bits per heavy atom. The van der Waals surface area contributed by atoms with Gasteiger partial charge in [-0.25, -0.2) is 0 Å². The van der Waals surface area contributed by atoms with E-state index in [2.05, 4.69) is 17.1 Å². The second kappa shape index (κ2) is 8.90. The van der Waals surface area contributed by atoms with Crippen LogP contribution in [0.2, 0.25) is 0 Å². The minimum Gasteiger partial charge on any atom is -0.393 e. The fraction of sp³-hybridized carbons (Fsp3) is 1.00. The van der Waals surface area contributed by atoms with Crippen molar-refractivity contribution in [2.45, 2.75) is 51.2 Å². The molecule has 5 heteroatoms. The number of hydrogen-bond acceptors (Lipinski definition) is 5. The van der Waals surface area contributed by atoms with Crippen LogP contribution in [0.3, 0.4) is 0 Å². The van der Waals surface area contributed by atoms with Crippen LogP contribution in [0, 0.1) is 4.91 Å². The van der Waals surface area contributed by atoms with E-state index < -0.39 is 12.2 Å². The van der Waals surface area contributed by atoms with Crippen LogP contribution in [0.25, 0.3) is 0 Å². The zero-order chi connectivity index (χ0) is 10.8. The number of aliphatic hydroxyl groups is 2. The van der Waals surface area contributed by atoms with Crippen molar-refractivity contribution in [3.05, 3.63) is 4.91 Å². The SMILES string of the molecule is CCCCCC(O)CC(O)CON=O. The predicted octanol–water partition coefficient (Wildman–Crippen LogP) is 1.38. The lowest BCUT2D eigenvalue weighted by atomic mass is 10.1. The Balaban J connectivity index is 3.39. The van der Waals surface area contributed by atoms with Crippen molar-refractivity contribution in [1.82, 2.24) is 0 Å². The summed E-state index contributed by atoms with van der Waals surface area (Å²) >= 11 is 0. The van der Waals surface area contributed by atoms with E-state index in [0.717, 1.165) is 19.3 Å². The Labute approximate surface area is 84.0 Å². The highest BCUT2D eigenvalue weighted by Gasteiger charge is 2.12. The summed E-state index contributed by atoms with van der Waals surface area (Å²) in [5, 5.41) is 20.8. The summed E-state index contributed by atoms with van der Waals surface area (Å²) in [4.78, 5) is 13.7. The number of hydrogen-bond donors (Lipinski definition) is 2. The lowest BCUT2D eigenvalue weighted by molar-refractivity contribution is 0.00536. The molecule has 0 aromatic rings. The van der Waals surface area contributed by atoms with E-state index >= 15 is 0 Å². The van der Waals surface area contributed by atoms with Gasteiger partial charge in [0.25, 0.3) is 0 Å². The lowest BCUT2D eigenvalue weighted by Crippen LogP contribution is -2.21. The van der Waals surface area contributed by atoms with E-state index in [1.807, 2.05) is 0 Å². The molecule has 0 bridgehead atoms. The van der Waals surface area contributed by atoms with Gasteiger partial charge in [0.05, 0.1) is 12.2 Å². The van der Waals surface area contributed by atoms with Gasteiger partial charge in [0.1, 0.15) is 6.61 Å². The summed E-state index contributed by atoms with van der Waals surface area (Å²) in [6.45, 7) is 1.94. The maximum absolute atomic E-state index is 9.56. The molecule has 0 spiro atoms. The molecule has 0 saturated heterocycles. The molecule has 0 rings (SSSR count). The normalized spacial score (nSPS) is 14.8. The Kier molecular flexibility index (Phi) is 8.47. The van der Waals surface area contributed by atoms with Crippen LogP contribution >= 0.6 is 0 Å². The Morgan fingerprint density at radius 2 is 2.00 bits per heavy atom. The van der Waals surface area contributed by atoms with Crippen molar-refractivity contribution in [3.8, 4) is 0 Å². The number of nitrogens with zero attached hydrogens (tertiary/aromatic N) is 1. The fourth-order valence-corrected chi connectivity index (χ4v) is 1.25. The third kappa shape index (κ3) is 7.94. The molecule has 0 saturated carbocycles. The van der Waals surface area contributed by atoms with Crippen molar-refractivity contribution in [1.29, 1.82) is 0 Å². The van der Waals surface area contributed by atoms with Crippen molar-refractivity contribution in [2.24, 2.45) is 5.34 Å². The summed E-state index contributed by atoms with van der Waals surface area (Å²) in [6.07, 6.45) is 2.72. The van der Waals surface area contributed by atoms with E-state index in [9.17, 15) is 15.1 Å². The van der Waals surface area contributed by atoms with Gasteiger partial charge in [0, 0.05) is 6.42 Å². The van der Waals surface area contributed by atoms with Crippen molar-refractivity contribution < 1.29 is 15.1 Å². The highest BCUT2D eigenvalue weighted by Crippen LogP contribution is 2.08. The molecule has 14 heavy (non-hydrogen) atoms. The largest absolute Gasteiger partial charge is 0.393 e. The molecule has 0 radical (unpaired) electrons. The number of unbranched alkanes of at least 4 members (excludes halogenated alkanes) is 2. The minimum absolute atomic E-state index is 0.145. The molecule has 0 fully saturated rings. The first-order valence-electron chi connectivity index (χ1n) is 5.01.